The fourth-order valence-corrected chi connectivity index (χ4v) is 4.50. The number of nitrogens with zero attached hydrogens (tertiary/aromatic N) is 4. The SMILES string of the molecule is NC1(c2nn3c(C4CCCC4)nnc3s2)CCCC1. The molecule has 2 N–H and O–H groups in total. The van der Waals surface area contributed by atoms with Gasteiger partial charge < -0.3 is 5.73 Å². The molecule has 4 rings (SSSR count). The highest BCUT2D eigenvalue weighted by Gasteiger charge is 2.36. The summed E-state index contributed by atoms with van der Waals surface area (Å²) in [7, 11) is 0. The van der Waals surface area contributed by atoms with Crippen molar-refractivity contribution in [3.63, 3.8) is 0 Å². The van der Waals surface area contributed by atoms with Gasteiger partial charge in [0.05, 0.1) is 5.54 Å². The van der Waals surface area contributed by atoms with Gasteiger partial charge in [-0.1, -0.05) is 37.0 Å². The quantitative estimate of drug-likeness (QED) is 0.916. The molecular formula is C13H19N5S. The minimum atomic E-state index is -0.210. The highest BCUT2D eigenvalue weighted by molar-refractivity contribution is 7.16. The second-order valence-electron chi connectivity index (χ2n) is 6.00. The lowest BCUT2D eigenvalue weighted by atomic mass is 10.0. The van der Waals surface area contributed by atoms with Crippen LogP contribution < -0.4 is 5.73 Å². The van der Waals surface area contributed by atoms with E-state index in [0.717, 1.165) is 28.6 Å². The molecule has 19 heavy (non-hydrogen) atoms. The van der Waals surface area contributed by atoms with Crippen LogP contribution in [0.1, 0.15) is 68.1 Å². The maximum atomic E-state index is 6.49. The Kier molecular flexibility index (Phi) is 2.63. The molecule has 2 saturated carbocycles. The molecule has 0 aliphatic heterocycles. The number of hydrogen-bond acceptors (Lipinski definition) is 5. The molecule has 2 aliphatic carbocycles. The summed E-state index contributed by atoms with van der Waals surface area (Å²) in [6.07, 6.45) is 9.58. The molecule has 5 nitrogen and oxygen atoms in total. The van der Waals surface area contributed by atoms with Crippen molar-refractivity contribution in [2.75, 3.05) is 0 Å². The first-order chi connectivity index (χ1) is 9.26. The first-order valence-corrected chi connectivity index (χ1v) is 8.09. The van der Waals surface area contributed by atoms with Gasteiger partial charge >= 0.3 is 0 Å². The Labute approximate surface area is 116 Å². The van der Waals surface area contributed by atoms with Gasteiger partial charge in [-0.15, -0.1) is 10.2 Å². The highest BCUT2D eigenvalue weighted by Crippen LogP contribution is 2.39. The van der Waals surface area contributed by atoms with Crippen LogP contribution >= 0.6 is 11.3 Å². The lowest BCUT2D eigenvalue weighted by Crippen LogP contribution is -2.33. The Balaban J connectivity index is 1.75. The van der Waals surface area contributed by atoms with Crippen molar-refractivity contribution in [3.8, 4) is 0 Å². The van der Waals surface area contributed by atoms with Gasteiger partial charge in [-0.05, 0) is 25.7 Å². The molecule has 6 heteroatoms. The van der Waals surface area contributed by atoms with Crippen LogP contribution in [0, 0.1) is 0 Å². The van der Waals surface area contributed by atoms with Gasteiger partial charge in [0.15, 0.2) is 5.82 Å². The van der Waals surface area contributed by atoms with Gasteiger partial charge in [0.25, 0.3) is 0 Å². The molecule has 0 aromatic carbocycles. The summed E-state index contributed by atoms with van der Waals surface area (Å²) in [6, 6.07) is 0. The molecule has 2 aromatic rings. The van der Waals surface area contributed by atoms with E-state index in [0.29, 0.717) is 5.92 Å². The van der Waals surface area contributed by atoms with Crippen molar-refractivity contribution in [1.82, 2.24) is 19.8 Å². The van der Waals surface area contributed by atoms with Crippen molar-refractivity contribution >= 4 is 16.3 Å². The van der Waals surface area contributed by atoms with Crippen LogP contribution in [0.5, 0.6) is 0 Å². The first-order valence-electron chi connectivity index (χ1n) is 7.28. The molecule has 2 aliphatic rings. The summed E-state index contributed by atoms with van der Waals surface area (Å²) >= 11 is 1.63. The predicted molar refractivity (Wildman–Crippen MR) is 74.2 cm³/mol. The van der Waals surface area contributed by atoms with Gasteiger partial charge in [-0.3, -0.25) is 0 Å². The summed E-state index contributed by atoms with van der Waals surface area (Å²) in [5.74, 6) is 1.60. The largest absolute Gasteiger partial charge is 0.319 e. The zero-order chi connectivity index (χ0) is 12.9. The third-order valence-corrected chi connectivity index (χ3v) is 5.78. The van der Waals surface area contributed by atoms with E-state index in [2.05, 4.69) is 10.2 Å². The fourth-order valence-electron chi connectivity index (χ4n) is 3.49. The summed E-state index contributed by atoms with van der Waals surface area (Å²) in [5.41, 5.74) is 6.28. The summed E-state index contributed by atoms with van der Waals surface area (Å²) in [6.45, 7) is 0. The van der Waals surface area contributed by atoms with Gasteiger partial charge in [0, 0.05) is 5.92 Å². The number of aromatic nitrogens is 4. The van der Waals surface area contributed by atoms with E-state index < -0.39 is 0 Å². The topological polar surface area (TPSA) is 69.1 Å². The maximum absolute atomic E-state index is 6.49. The molecule has 0 radical (unpaired) electrons. The minimum absolute atomic E-state index is 0.210. The Bertz CT molecular complexity index is 589. The lowest BCUT2D eigenvalue weighted by molar-refractivity contribution is 0.451. The molecule has 102 valence electrons. The van der Waals surface area contributed by atoms with E-state index in [-0.39, 0.29) is 5.54 Å². The molecule has 0 saturated heterocycles. The standard InChI is InChI=1S/C13H19N5S/c14-13(7-3-4-8-13)11-17-18-10(9-5-1-2-6-9)15-16-12(18)19-11/h9H,1-8,14H2. The van der Waals surface area contributed by atoms with Crippen LogP contribution in [-0.4, -0.2) is 19.8 Å². The van der Waals surface area contributed by atoms with Crippen molar-refractivity contribution < 1.29 is 0 Å². The van der Waals surface area contributed by atoms with Crippen LogP contribution in [0.3, 0.4) is 0 Å². The lowest BCUT2D eigenvalue weighted by Gasteiger charge is -2.19. The van der Waals surface area contributed by atoms with Crippen molar-refractivity contribution in [2.24, 2.45) is 5.73 Å². The van der Waals surface area contributed by atoms with Gasteiger partial charge in [0.1, 0.15) is 5.01 Å². The molecule has 2 heterocycles. The number of rotatable bonds is 2. The second-order valence-corrected chi connectivity index (χ2v) is 6.96. The zero-order valence-electron chi connectivity index (χ0n) is 11.0. The Morgan fingerprint density at radius 3 is 2.58 bits per heavy atom. The van der Waals surface area contributed by atoms with Crippen LogP contribution in [0.2, 0.25) is 0 Å². The van der Waals surface area contributed by atoms with E-state index in [4.69, 9.17) is 10.8 Å². The van der Waals surface area contributed by atoms with Gasteiger partial charge in [-0.2, -0.15) is 9.61 Å². The van der Waals surface area contributed by atoms with E-state index in [1.54, 1.807) is 11.3 Å². The normalized spacial score (nSPS) is 23.6. The second kappa shape index (κ2) is 4.24. The highest BCUT2D eigenvalue weighted by atomic mass is 32.1. The van der Waals surface area contributed by atoms with Crippen molar-refractivity contribution in [3.05, 3.63) is 10.8 Å². The summed E-state index contributed by atoms with van der Waals surface area (Å²) < 4.78 is 1.96. The number of fused-ring (bicyclic) bond motifs is 1. The molecule has 0 amide bonds. The third-order valence-electron chi connectivity index (χ3n) is 4.66. The molecule has 2 fully saturated rings. The Morgan fingerprint density at radius 2 is 1.84 bits per heavy atom. The average molecular weight is 277 g/mol. The average Bonchev–Trinajstić information content (AvgIpc) is 3.12. The zero-order valence-corrected chi connectivity index (χ0v) is 11.8. The fraction of sp³-hybridized carbons (Fsp3) is 0.769. The summed E-state index contributed by atoms with van der Waals surface area (Å²) in [5, 5.41) is 14.5. The third kappa shape index (κ3) is 1.80. The first kappa shape index (κ1) is 11.8. The monoisotopic (exact) mass is 277 g/mol. The maximum Gasteiger partial charge on any atom is 0.234 e. The molecule has 0 unspecified atom stereocenters. The smallest absolute Gasteiger partial charge is 0.234 e. The van der Waals surface area contributed by atoms with Crippen molar-refractivity contribution in [1.29, 1.82) is 0 Å². The van der Waals surface area contributed by atoms with Crippen molar-refractivity contribution in [2.45, 2.75) is 62.8 Å². The number of nitrogens with two attached hydrogens (primary N) is 1. The van der Waals surface area contributed by atoms with Crippen LogP contribution in [-0.2, 0) is 5.54 Å². The van der Waals surface area contributed by atoms with Crippen LogP contribution in [0.25, 0.3) is 4.96 Å². The molecule has 0 atom stereocenters. The Hall–Kier alpha value is -1.01. The van der Waals surface area contributed by atoms with E-state index in [1.807, 2.05) is 4.52 Å². The number of hydrogen-bond donors (Lipinski definition) is 1. The van der Waals surface area contributed by atoms with Crippen LogP contribution in [0.15, 0.2) is 0 Å². The predicted octanol–water partition coefficient (Wildman–Crippen LogP) is 2.57. The van der Waals surface area contributed by atoms with E-state index in [9.17, 15) is 0 Å². The van der Waals surface area contributed by atoms with E-state index >= 15 is 0 Å². The Morgan fingerprint density at radius 1 is 1.11 bits per heavy atom. The van der Waals surface area contributed by atoms with Gasteiger partial charge in [-0.25, -0.2) is 0 Å². The molecular weight excluding hydrogens is 258 g/mol. The van der Waals surface area contributed by atoms with Crippen LogP contribution in [0.4, 0.5) is 0 Å². The van der Waals surface area contributed by atoms with Gasteiger partial charge in [0.2, 0.25) is 4.96 Å². The minimum Gasteiger partial charge on any atom is -0.319 e. The van der Waals surface area contributed by atoms with E-state index in [1.165, 1.54) is 38.5 Å². The molecule has 0 bridgehead atoms. The summed E-state index contributed by atoms with van der Waals surface area (Å²) in [4.78, 5) is 0.911. The molecule has 2 aromatic heterocycles. The molecule has 0 spiro atoms.